The molecule has 0 aliphatic rings. The van der Waals surface area contributed by atoms with Crippen molar-refractivity contribution in [3.63, 3.8) is 0 Å². The van der Waals surface area contributed by atoms with Gasteiger partial charge in [0.2, 0.25) is 0 Å². The van der Waals surface area contributed by atoms with Gasteiger partial charge < -0.3 is 10.0 Å². The van der Waals surface area contributed by atoms with Crippen LogP contribution in [0.2, 0.25) is 5.02 Å². The fraction of sp³-hybridized carbons (Fsp3) is 0.250. The van der Waals surface area contributed by atoms with E-state index in [1.54, 1.807) is 18.2 Å². The smallest absolute Gasteiger partial charge is 0.423 e. The fourth-order valence-corrected chi connectivity index (χ4v) is 1.31. The molecular weight excluding hydrogens is 174 g/mol. The van der Waals surface area contributed by atoms with Crippen molar-refractivity contribution < 1.29 is 10.0 Å². The van der Waals surface area contributed by atoms with Crippen molar-refractivity contribution in [3.8, 4) is 0 Å². The molecule has 0 spiro atoms. The molecule has 0 heterocycles. The Morgan fingerprint density at radius 2 is 2.08 bits per heavy atom. The van der Waals surface area contributed by atoms with Crippen molar-refractivity contribution >= 4 is 24.2 Å². The molecular formula is C8H10BClO2. The Balaban J connectivity index is 3.12. The van der Waals surface area contributed by atoms with Gasteiger partial charge in [-0.3, -0.25) is 0 Å². The van der Waals surface area contributed by atoms with Gasteiger partial charge in [0.25, 0.3) is 0 Å². The van der Waals surface area contributed by atoms with Crippen LogP contribution in [0.5, 0.6) is 0 Å². The van der Waals surface area contributed by atoms with Crippen LogP contribution in [0.3, 0.4) is 0 Å². The molecule has 0 atom stereocenters. The van der Waals surface area contributed by atoms with Gasteiger partial charge in [-0.05, 0) is 29.6 Å². The van der Waals surface area contributed by atoms with Crippen molar-refractivity contribution in [2.75, 3.05) is 0 Å². The highest BCUT2D eigenvalue weighted by Gasteiger charge is 2.14. The number of halogens is 1. The molecule has 64 valence electrons. The van der Waals surface area contributed by atoms with E-state index < -0.39 is 7.12 Å². The topological polar surface area (TPSA) is 40.5 Å². The van der Waals surface area contributed by atoms with Gasteiger partial charge in [0, 0.05) is 5.02 Å². The largest absolute Gasteiger partial charge is 0.488 e. The second-order valence-corrected chi connectivity index (χ2v) is 3.01. The van der Waals surface area contributed by atoms with Gasteiger partial charge in [-0.15, -0.1) is 0 Å². The zero-order chi connectivity index (χ0) is 9.14. The van der Waals surface area contributed by atoms with Crippen molar-refractivity contribution in [2.24, 2.45) is 0 Å². The average molecular weight is 184 g/mol. The van der Waals surface area contributed by atoms with Gasteiger partial charge in [0.1, 0.15) is 0 Å². The SMILES string of the molecule is CCc1ccc(Cl)cc1B(O)O. The fourth-order valence-electron chi connectivity index (χ4n) is 1.13. The van der Waals surface area contributed by atoms with Crippen LogP contribution in [0.15, 0.2) is 18.2 Å². The third-order valence-electron chi connectivity index (χ3n) is 1.77. The second-order valence-electron chi connectivity index (χ2n) is 2.57. The van der Waals surface area contributed by atoms with Crippen LogP contribution in [-0.2, 0) is 6.42 Å². The van der Waals surface area contributed by atoms with E-state index in [0.717, 1.165) is 12.0 Å². The van der Waals surface area contributed by atoms with Gasteiger partial charge >= 0.3 is 7.12 Å². The Kier molecular flexibility index (Phi) is 3.15. The molecule has 0 saturated carbocycles. The summed E-state index contributed by atoms with van der Waals surface area (Å²) in [5.74, 6) is 0. The summed E-state index contributed by atoms with van der Waals surface area (Å²) in [7, 11) is -1.43. The molecule has 0 fully saturated rings. The van der Waals surface area contributed by atoms with E-state index in [1.807, 2.05) is 6.92 Å². The molecule has 1 rings (SSSR count). The number of hydrogen-bond acceptors (Lipinski definition) is 2. The highest BCUT2D eigenvalue weighted by molar-refractivity contribution is 6.59. The molecule has 4 heteroatoms. The predicted molar refractivity (Wildman–Crippen MR) is 50.7 cm³/mol. The first-order valence-corrected chi connectivity index (χ1v) is 4.17. The van der Waals surface area contributed by atoms with Crippen LogP contribution in [0.25, 0.3) is 0 Å². The van der Waals surface area contributed by atoms with E-state index in [0.29, 0.717) is 10.5 Å². The van der Waals surface area contributed by atoms with E-state index >= 15 is 0 Å². The second kappa shape index (κ2) is 3.94. The zero-order valence-electron chi connectivity index (χ0n) is 6.79. The number of benzene rings is 1. The molecule has 1 aromatic carbocycles. The van der Waals surface area contributed by atoms with Crippen molar-refractivity contribution in [2.45, 2.75) is 13.3 Å². The molecule has 0 aromatic heterocycles. The third kappa shape index (κ3) is 2.00. The Hall–Kier alpha value is -0.505. The number of hydrogen-bond donors (Lipinski definition) is 2. The van der Waals surface area contributed by atoms with Crippen LogP contribution in [-0.4, -0.2) is 17.2 Å². The lowest BCUT2D eigenvalue weighted by atomic mass is 9.76. The monoisotopic (exact) mass is 184 g/mol. The van der Waals surface area contributed by atoms with E-state index in [2.05, 4.69) is 0 Å². The van der Waals surface area contributed by atoms with Crippen LogP contribution >= 0.6 is 11.6 Å². The van der Waals surface area contributed by atoms with E-state index in [4.69, 9.17) is 21.6 Å². The Morgan fingerprint density at radius 3 is 2.58 bits per heavy atom. The minimum absolute atomic E-state index is 0.491. The molecule has 0 bridgehead atoms. The zero-order valence-corrected chi connectivity index (χ0v) is 7.54. The van der Waals surface area contributed by atoms with Crippen LogP contribution in [0.1, 0.15) is 12.5 Å². The minimum Gasteiger partial charge on any atom is -0.423 e. The van der Waals surface area contributed by atoms with Gasteiger partial charge in [0.05, 0.1) is 0 Å². The summed E-state index contributed by atoms with van der Waals surface area (Å²) in [4.78, 5) is 0. The van der Waals surface area contributed by atoms with E-state index in [9.17, 15) is 0 Å². The van der Waals surface area contributed by atoms with Gasteiger partial charge in [-0.2, -0.15) is 0 Å². The van der Waals surface area contributed by atoms with Gasteiger partial charge in [-0.25, -0.2) is 0 Å². The molecule has 0 unspecified atom stereocenters. The lowest BCUT2D eigenvalue weighted by Gasteiger charge is -2.06. The highest BCUT2D eigenvalue weighted by atomic mass is 35.5. The molecule has 0 saturated heterocycles. The lowest BCUT2D eigenvalue weighted by molar-refractivity contribution is 0.425. The lowest BCUT2D eigenvalue weighted by Crippen LogP contribution is -2.32. The first-order chi connectivity index (χ1) is 5.65. The Bertz CT molecular complexity index is 276. The molecule has 0 radical (unpaired) electrons. The summed E-state index contributed by atoms with van der Waals surface area (Å²) >= 11 is 5.70. The summed E-state index contributed by atoms with van der Waals surface area (Å²) < 4.78 is 0. The van der Waals surface area contributed by atoms with E-state index in [1.165, 1.54) is 0 Å². The van der Waals surface area contributed by atoms with Gasteiger partial charge in [0.15, 0.2) is 0 Å². The van der Waals surface area contributed by atoms with Crippen molar-refractivity contribution in [1.82, 2.24) is 0 Å². The molecule has 1 aromatic rings. The number of aryl methyl sites for hydroxylation is 1. The summed E-state index contributed by atoms with van der Waals surface area (Å²) in [6, 6.07) is 5.12. The van der Waals surface area contributed by atoms with Crippen LogP contribution < -0.4 is 5.46 Å². The standard InChI is InChI=1S/C8H10BClO2/c1-2-6-3-4-7(10)5-8(6)9(11)12/h3-5,11-12H,2H2,1H3. The Labute approximate surface area is 76.9 Å². The molecule has 2 nitrogen and oxygen atoms in total. The third-order valence-corrected chi connectivity index (χ3v) is 2.00. The van der Waals surface area contributed by atoms with E-state index in [-0.39, 0.29) is 0 Å². The summed E-state index contributed by atoms with van der Waals surface area (Å²) in [5, 5.41) is 18.4. The average Bonchev–Trinajstić information content (AvgIpc) is 2.04. The highest BCUT2D eigenvalue weighted by Crippen LogP contribution is 2.08. The molecule has 0 amide bonds. The minimum atomic E-state index is -1.43. The summed E-state index contributed by atoms with van der Waals surface area (Å²) in [6.07, 6.45) is 0.768. The van der Waals surface area contributed by atoms with Crippen LogP contribution in [0, 0.1) is 0 Å². The molecule has 0 aliphatic carbocycles. The number of rotatable bonds is 2. The van der Waals surface area contributed by atoms with Crippen molar-refractivity contribution in [1.29, 1.82) is 0 Å². The molecule has 2 N–H and O–H groups in total. The summed E-state index contributed by atoms with van der Waals surface area (Å²) in [5.41, 5.74) is 1.40. The van der Waals surface area contributed by atoms with Gasteiger partial charge in [-0.1, -0.05) is 24.6 Å². The maximum Gasteiger partial charge on any atom is 0.488 e. The quantitative estimate of drug-likeness (QED) is 0.660. The van der Waals surface area contributed by atoms with Crippen molar-refractivity contribution in [3.05, 3.63) is 28.8 Å². The maximum absolute atomic E-state index is 8.96. The normalized spacial score (nSPS) is 10.0. The molecule has 12 heavy (non-hydrogen) atoms. The molecule has 0 aliphatic heterocycles. The van der Waals surface area contributed by atoms with Crippen LogP contribution in [0.4, 0.5) is 0 Å². The Morgan fingerprint density at radius 1 is 1.42 bits per heavy atom. The summed E-state index contributed by atoms with van der Waals surface area (Å²) in [6.45, 7) is 1.95. The first-order valence-electron chi connectivity index (χ1n) is 3.79. The predicted octanol–water partition coefficient (Wildman–Crippen LogP) is 0.582. The first kappa shape index (κ1) is 9.58. The maximum atomic E-state index is 8.96.